The van der Waals surface area contributed by atoms with Gasteiger partial charge in [0.05, 0.1) is 23.9 Å². The van der Waals surface area contributed by atoms with E-state index in [9.17, 15) is 27.2 Å². The topological polar surface area (TPSA) is 74.2 Å². The number of ether oxygens (including phenoxy) is 1. The molecular formula is C28H26F4N4O3. The number of halogens is 4. The Morgan fingerprint density at radius 1 is 1.03 bits per heavy atom. The maximum atomic E-state index is 14.5. The number of anilines is 1. The number of carbonyl (C=O) groups is 2. The van der Waals surface area contributed by atoms with E-state index in [1.165, 1.54) is 23.1 Å². The number of alkyl halides is 3. The summed E-state index contributed by atoms with van der Waals surface area (Å²) in [5.74, 6) is -0.983. The van der Waals surface area contributed by atoms with Crippen molar-refractivity contribution in [2.24, 2.45) is 5.10 Å². The van der Waals surface area contributed by atoms with Gasteiger partial charge in [0.15, 0.2) is 0 Å². The summed E-state index contributed by atoms with van der Waals surface area (Å²) < 4.78 is 58.2. The molecule has 0 fully saturated rings. The van der Waals surface area contributed by atoms with Gasteiger partial charge in [-0.05, 0) is 35.9 Å². The van der Waals surface area contributed by atoms with E-state index >= 15 is 0 Å². The molecule has 1 atom stereocenters. The third-order valence-corrected chi connectivity index (χ3v) is 6.18. The van der Waals surface area contributed by atoms with Crippen LogP contribution in [0.1, 0.15) is 29.2 Å². The van der Waals surface area contributed by atoms with Crippen molar-refractivity contribution in [3.63, 3.8) is 0 Å². The van der Waals surface area contributed by atoms with Crippen molar-refractivity contribution in [3.05, 3.63) is 101 Å². The molecule has 1 N–H and O–H groups in total. The number of urea groups is 1. The minimum atomic E-state index is -4.51. The van der Waals surface area contributed by atoms with Crippen LogP contribution in [0.4, 0.5) is 28.0 Å². The molecule has 0 bridgehead atoms. The Bertz CT molecular complexity index is 1330. The predicted octanol–water partition coefficient (Wildman–Crippen LogP) is 5.70. The number of hydrogen-bond acceptors (Lipinski definition) is 4. The van der Waals surface area contributed by atoms with E-state index in [1.54, 1.807) is 18.2 Å². The molecule has 3 aromatic carbocycles. The lowest BCUT2D eigenvalue weighted by Crippen LogP contribution is -2.44. The molecular weight excluding hydrogens is 516 g/mol. The summed E-state index contributed by atoms with van der Waals surface area (Å²) in [6.45, 7) is -0.255. The number of carbonyl (C=O) groups excluding carboxylic acids is 2. The van der Waals surface area contributed by atoms with Gasteiger partial charge in [-0.2, -0.15) is 18.3 Å². The molecule has 1 aliphatic rings. The van der Waals surface area contributed by atoms with E-state index in [4.69, 9.17) is 4.74 Å². The van der Waals surface area contributed by atoms with E-state index in [0.29, 0.717) is 5.71 Å². The summed E-state index contributed by atoms with van der Waals surface area (Å²) in [6, 6.07) is 18.1. The lowest BCUT2D eigenvalue weighted by molar-refractivity contribution is -0.137. The first-order valence-electron chi connectivity index (χ1n) is 12.1. The van der Waals surface area contributed by atoms with Crippen LogP contribution < -0.4 is 5.32 Å². The van der Waals surface area contributed by atoms with Gasteiger partial charge in [0, 0.05) is 31.3 Å². The van der Waals surface area contributed by atoms with Crippen molar-refractivity contribution in [3.8, 4) is 0 Å². The molecule has 0 spiro atoms. The van der Waals surface area contributed by atoms with Crippen LogP contribution in [0.5, 0.6) is 0 Å². The summed E-state index contributed by atoms with van der Waals surface area (Å²) in [4.78, 5) is 27.7. The quantitative estimate of drug-likeness (QED) is 0.371. The van der Waals surface area contributed by atoms with Gasteiger partial charge < -0.3 is 15.0 Å². The second-order valence-corrected chi connectivity index (χ2v) is 8.82. The Hall–Kier alpha value is -4.25. The van der Waals surface area contributed by atoms with E-state index in [0.717, 1.165) is 29.8 Å². The molecule has 4 rings (SSSR count). The van der Waals surface area contributed by atoms with Crippen molar-refractivity contribution < 1.29 is 31.9 Å². The second kappa shape index (κ2) is 12.1. The summed E-state index contributed by atoms with van der Waals surface area (Å²) in [5.41, 5.74) is 0.749. The molecule has 1 aliphatic heterocycles. The number of nitrogens with one attached hydrogen (secondary N) is 1. The highest BCUT2D eigenvalue weighted by Crippen LogP contribution is 2.33. The molecule has 204 valence electrons. The zero-order valence-electron chi connectivity index (χ0n) is 21.0. The van der Waals surface area contributed by atoms with Gasteiger partial charge in [-0.25, -0.2) is 14.2 Å². The van der Waals surface area contributed by atoms with E-state index in [1.807, 2.05) is 30.3 Å². The first-order valence-corrected chi connectivity index (χ1v) is 12.1. The molecule has 0 aromatic heterocycles. The third kappa shape index (κ3) is 6.80. The van der Waals surface area contributed by atoms with Crippen LogP contribution in [0.15, 0.2) is 84.0 Å². The Balaban J connectivity index is 1.55. The van der Waals surface area contributed by atoms with Crippen LogP contribution in [0.2, 0.25) is 0 Å². The summed E-state index contributed by atoms with van der Waals surface area (Å²) in [6.07, 6.45) is -4.24. The average Bonchev–Trinajstić information content (AvgIpc) is 3.37. The minimum Gasteiger partial charge on any atom is -0.383 e. The van der Waals surface area contributed by atoms with Gasteiger partial charge in [-0.3, -0.25) is 4.79 Å². The molecule has 0 saturated heterocycles. The Morgan fingerprint density at radius 3 is 2.33 bits per heavy atom. The van der Waals surface area contributed by atoms with Gasteiger partial charge >= 0.3 is 12.2 Å². The molecule has 1 unspecified atom stereocenters. The highest BCUT2D eigenvalue weighted by molar-refractivity contribution is 6.03. The molecule has 39 heavy (non-hydrogen) atoms. The van der Waals surface area contributed by atoms with Crippen LogP contribution >= 0.6 is 0 Å². The molecule has 3 amide bonds. The fourth-order valence-electron chi connectivity index (χ4n) is 4.17. The molecule has 11 heteroatoms. The van der Waals surface area contributed by atoms with Gasteiger partial charge in [0.1, 0.15) is 12.4 Å². The fourth-order valence-corrected chi connectivity index (χ4v) is 4.17. The predicted molar refractivity (Wildman–Crippen MR) is 137 cm³/mol. The van der Waals surface area contributed by atoms with Gasteiger partial charge in [-0.15, -0.1) is 0 Å². The van der Waals surface area contributed by atoms with Crippen molar-refractivity contribution in [1.29, 1.82) is 0 Å². The lowest BCUT2D eigenvalue weighted by atomic mass is 9.98. The average molecular weight is 543 g/mol. The highest BCUT2D eigenvalue weighted by Gasteiger charge is 2.35. The van der Waals surface area contributed by atoms with Crippen molar-refractivity contribution in [2.45, 2.75) is 18.6 Å². The van der Waals surface area contributed by atoms with Crippen LogP contribution in [0, 0.1) is 5.82 Å². The number of hydrazone groups is 1. The molecule has 0 aliphatic carbocycles. The monoisotopic (exact) mass is 542 g/mol. The van der Waals surface area contributed by atoms with Gasteiger partial charge in [-0.1, -0.05) is 48.5 Å². The van der Waals surface area contributed by atoms with Crippen LogP contribution in [0.25, 0.3) is 0 Å². The van der Waals surface area contributed by atoms with Crippen molar-refractivity contribution >= 4 is 23.3 Å². The Morgan fingerprint density at radius 2 is 1.69 bits per heavy atom. The van der Waals surface area contributed by atoms with Gasteiger partial charge in [0.2, 0.25) is 0 Å². The summed E-state index contributed by atoms with van der Waals surface area (Å²) in [7, 11) is 1.44. The number of benzene rings is 3. The molecule has 7 nitrogen and oxygen atoms in total. The normalized spacial score (nSPS) is 15.2. The molecule has 3 aromatic rings. The molecule has 0 radical (unpaired) electrons. The van der Waals surface area contributed by atoms with Crippen LogP contribution in [-0.2, 0) is 15.7 Å². The zero-order chi connectivity index (χ0) is 28.0. The second-order valence-electron chi connectivity index (χ2n) is 8.82. The minimum absolute atomic E-state index is 0.0302. The first kappa shape index (κ1) is 27.8. The number of methoxy groups -OCH3 is 1. The number of nitrogens with zero attached hydrogens (tertiary/aromatic N) is 3. The van der Waals surface area contributed by atoms with Crippen molar-refractivity contribution in [1.82, 2.24) is 9.91 Å². The van der Waals surface area contributed by atoms with E-state index < -0.39 is 42.1 Å². The number of hydrogen-bond donors (Lipinski definition) is 1. The van der Waals surface area contributed by atoms with E-state index in [-0.39, 0.29) is 30.8 Å². The lowest BCUT2D eigenvalue weighted by Gasteiger charge is -2.27. The molecule has 0 saturated carbocycles. The summed E-state index contributed by atoms with van der Waals surface area (Å²) in [5, 5.41) is 8.22. The maximum Gasteiger partial charge on any atom is 0.416 e. The fraction of sp³-hybridized carbons (Fsp3) is 0.250. The molecule has 1 heterocycles. The Labute approximate surface area is 222 Å². The first-order chi connectivity index (χ1) is 18.7. The van der Waals surface area contributed by atoms with E-state index in [2.05, 4.69) is 10.4 Å². The number of rotatable bonds is 8. The number of amides is 3. The largest absolute Gasteiger partial charge is 0.416 e. The smallest absolute Gasteiger partial charge is 0.383 e. The summed E-state index contributed by atoms with van der Waals surface area (Å²) >= 11 is 0. The maximum absolute atomic E-state index is 14.5. The highest BCUT2D eigenvalue weighted by atomic mass is 19.4. The standard InChI is InChI=1S/C28H26F4N4O3/c1-39-16-15-35(27(38)33-21-13-11-20(12-14-21)28(30,31)32)18-26(37)36-25(19-7-3-2-4-8-19)17-24(34-36)22-9-5-6-10-23(22)29/h2-14,25H,15-18H2,1H3,(H,33,38). The Kier molecular flexibility index (Phi) is 8.60. The van der Waals surface area contributed by atoms with Crippen LogP contribution in [-0.4, -0.2) is 54.4 Å². The third-order valence-electron chi connectivity index (χ3n) is 6.18. The van der Waals surface area contributed by atoms with Gasteiger partial charge in [0.25, 0.3) is 5.91 Å². The zero-order valence-corrected chi connectivity index (χ0v) is 21.0. The SMILES string of the molecule is COCCN(CC(=O)N1N=C(c2ccccc2F)CC1c1ccccc1)C(=O)Nc1ccc(C(F)(F)F)cc1. The van der Waals surface area contributed by atoms with Crippen molar-refractivity contribution in [2.75, 3.05) is 32.1 Å². The van der Waals surface area contributed by atoms with Crippen LogP contribution in [0.3, 0.4) is 0 Å².